The lowest BCUT2D eigenvalue weighted by molar-refractivity contribution is 0.0732. The lowest BCUT2D eigenvalue weighted by atomic mass is 10.1. The zero-order chi connectivity index (χ0) is 18.6. The predicted octanol–water partition coefficient (Wildman–Crippen LogP) is 3.90. The van der Waals surface area contributed by atoms with Gasteiger partial charge in [-0.05, 0) is 41.1 Å². The molecule has 25 heavy (non-hydrogen) atoms. The van der Waals surface area contributed by atoms with Crippen LogP contribution in [0.3, 0.4) is 0 Å². The van der Waals surface area contributed by atoms with E-state index in [2.05, 4.69) is 15.9 Å². The Hall–Kier alpha value is -2.54. The molecule has 0 atom stereocenters. The van der Waals surface area contributed by atoms with E-state index < -0.39 is 5.97 Å². The Balaban J connectivity index is 2.43. The number of methoxy groups -OCH3 is 3. The molecule has 0 bridgehead atoms. The van der Waals surface area contributed by atoms with Crippen molar-refractivity contribution in [2.24, 2.45) is 0 Å². The zero-order valence-electron chi connectivity index (χ0n) is 14.2. The van der Waals surface area contributed by atoms with Crippen LogP contribution in [-0.2, 0) is 0 Å². The molecular weight excluding hydrogens is 392 g/mol. The van der Waals surface area contributed by atoms with Crippen molar-refractivity contribution in [2.75, 3.05) is 21.3 Å². The van der Waals surface area contributed by atoms with E-state index in [0.29, 0.717) is 21.5 Å². The maximum Gasteiger partial charge on any atom is 0.343 e. The summed E-state index contributed by atoms with van der Waals surface area (Å²) in [7, 11) is 4.42. The Labute approximate surface area is 153 Å². The Morgan fingerprint density at radius 3 is 2.04 bits per heavy atom. The molecule has 0 fully saturated rings. The zero-order valence-corrected chi connectivity index (χ0v) is 15.8. The molecule has 0 N–H and O–H groups in total. The van der Waals surface area contributed by atoms with E-state index in [1.165, 1.54) is 34.3 Å². The van der Waals surface area contributed by atoms with Gasteiger partial charge in [0.1, 0.15) is 28.6 Å². The maximum absolute atomic E-state index is 12.5. The molecule has 0 unspecified atom stereocenters. The Morgan fingerprint density at radius 2 is 1.52 bits per heavy atom. The van der Waals surface area contributed by atoms with E-state index >= 15 is 0 Å². The molecule has 0 aliphatic rings. The number of hydrogen-bond donors (Lipinski definition) is 0. The Bertz CT molecular complexity index is 815. The summed E-state index contributed by atoms with van der Waals surface area (Å²) in [6.45, 7) is 1.37. The van der Waals surface area contributed by atoms with Crippen molar-refractivity contribution in [3.8, 4) is 23.0 Å². The van der Waals surface area contributed by atoms with Crippen LogP contribution in [0.1, 0.15) is 27.6 Å². The molecule has 7 heteroatoms. The summed E-state index contributed by atoms with van der Waals surface area (Å²) < 4.78 is 21.5. The van der Waals surface area contributed by atoms with Gasteiger partial charge < -0.3 is 18.9 Å². The van der Waals surface area contributed by atoms with Crippen LogP contribution in [0.4, 0.5) is 0 Å². The largest absolute Gasteiger partial charge is 0.496 e. The molecule has 0 radical (unpaired) electrons. The van der Waals surface area contributed by atoms with Crippen LogP contribution in [-0.4, -0.2) is 33.1 Å². The van der Waals surface area contributed by atoms with Gasteiger partial charge >= 0.3 is 5.97 Å². The quantitative estimate of drug-likeness (QED) is 0.410. The molecule has 2 aromatic rings. The molecule has 0 aliphatic carbocycles. The van der Waals surface area contributed by atoms with Crippen molar-refractivity contribution >= 4 is 27.7 Å². The van der Waals surface area contributed by atoms with E-state index in [9.17, 15) is 9.59 Å². The Morgan fingerprint density at radius 1 is 0.880 bits per heavy atom. The van der Waals surface area contributed by atoms with E-state index in [0.717, 1.165) is 0 Å². The van der Waals surface area contributed by atoms with Crippen LogP contribution < -0.4 is 18.9 Å². The van der Waals surface area contributed by atoms with Crippen LogP contribution in [0.25, 0.3) is 0 Å². The number of Topliss-reactive ketones (excluding diaryl/α,β-unsaturated/α-hetero) is 1. The van der Waals surface area contributed by atoms with Crippen molar-refractivity contribution in [1.29, 1.82) is 0 Å². The smallest absolute Gasteiger partial charge is 0.343 e. The summed E-state index contributed by atoms with van der Waals surface area (Å²) >= 11 is 3.32. The fourth-order valence-electron chi connectivity index (χ4n) is 2.22. The van der Waals surface area contributed by atoms with Gasteiger partial charge in [-0.2, -0.15) is 0 Å². The van der Waals surface area contributed by atoms with E-state index in [1.54, 1.807) is 24.3 Å². The third-order valence-electron chi connectivity index (χ3n) is 3.44. The van der Waals surface area contributed by atoms with Gasteiger partial charge in [-0.15, -0.1) is 0 Å². The van der Waals surface area contributed by atoms with Crippen LogP contribution in [0.5, 0.6) is 23.0 Å². The standard InChI is InChI=1S/C18H17BrO6/c1-10(20)17-15(24-4)8-12(22-2)9-16(17)25-18(21)11-5-6-14(23-3)13(19)7-11/h5-9H,1-4H3. The first kappa shape index (κ1) is 18.8. The molecule has 0 amide bonds. The van der Waals surface area contributed by atoms with Crippen molar-refractivity contribution in [2.45, 2.75) is 6.92 Å². The van der Waals surface area contributed by atoms with Crippen LogP contribution in [0.15, 0.2) is 34.8 Å². The van der Waals surface area contributed by atoms with Gasteiger partial charge in [0, 0.05) is 12.1 Å². The van der Waals surface area contributed by atoms with Gasteiger partial charge in [-0.1, -0.05) is 0 Å². The average Bonchev–Trinajstić information content (AvgIpc) is 2.60. The van der Waals surface area contributed by atoms with Gasteiger partial charge in [0.2, 0.25) is 0 Å². The third kappa shape index (κ3) is 4.11. The Kier molecular flexibility index (Phi) is 6.03. The molecule has 0 heterocycles. The second-order valence-electron chi connectivity index (χ2n) is 5.00. The summed E-state index contributed by atoms with van der Waals surface area (Å²) in [5, 5.41) is 0. The normalized spacial score (nSPS) is 10.1. The monoisotopic (exact) mass is 408 g/mol. The van der Waals surface area contributed by atoms with E-state index in [-0.39, 0.29) is 22.8 Å². The number of carbonyl (C=O) groups excluding carboxylic acids is 2. The molecule has 132 valence electrons. The minimum Gasteiger partial charge on any atom is -0.496 e. The van der Waals surface area contributed by atoms with Crippen molar-refractivity contribution < 1.29 is 28.5 Å². The summed E-state index contributed by atoms with van der Waals surface area (Å²) in [5.74, 6) is 0.412. The number of ketones is 1. The molecule has 0 saturated heterocycles. The molecule has 2 aromatic carbocycles. The molecule has 6 nitrogen and oxygen atoms in total. The number of rotatable bonds is 6. The third-order valence-corrected chi connectivity index (χ3v) is 4.06. The van der Waals surface area contributed by atoms with Gasteiger partial charge in [-0.3, -0.25) is 4.79 Å². The SMILES string of the molecule is COc1cc(OC)c(C(C)=O)c(OC(=O)c2ccc(OC)c(Br)c2)c1. The topological polar surface area (TPSA) is 71.1 Å². The fraction of sp³-hybridized carbons (Fsp3) is 0.222. The van der Waals surface area contributed by atoms with E-state index in [4.69, 9.17) is 18.9 Å². The highest BCUT2D eigenvalue weighted by Gasteiger charge is 2.21. The number of halogens is 1. The summed E-state index contributed by atoms with van der Waals surface area (Å²) in [6, 6.07) is 7.80. The minimum absolute atomic E-state index is 0.0700. The molecule has 0 spiro atoms. The first-order valence-electron chi connectivity index (χ1n) is 7.24. The molecular formula is C18H17BrO6. The highest BCUT2D eigenvalue weighted by atomic mass is 79.9. The van der Waals surface area contributed by atoms with Crippen LogP contribution in [0, 0.1) is 0 Å². The number of ether oxygens (including phenoxy) is 4. The van der Waals surface area contributed by atoms with Crippen LogP contribution in [0.2, 0.25) is 0 Å². The second-order valence-corrected chi connectivity index (χ2v) is 5.85. The lowest BCUT2D eigenvalue weighted by Crippen LogP contribution is -2.12. The fourth-order valence-corrected chi connectivity index (χ4v) is 2.76. The number of benzene rings is 2. The summed E-state index contributed by atoms with van der Waals surface area (Å²) in [5.41, 5.74) is 0.466. The van der Waals surface area contributed by atoms with Gasteiger partial charge in [0.25, 0.3) is 0 Å². The van der Waals surface area contributed by atoms with E-state index in [1.807, 2.05) is 0 Å². The first-order valence-corrected chi connectivity index (χ1v) is 8.03. The van der Waals surface area contributed by atoms with Crippen molar-refractivity contribution in [1.82, 2.24) is 0 Å². The molecule has 0 saturated carbocycles. The van der Waals surface area contributed by atoms with Gasteiger partial charge in [0.15, 0.2) is 5.78 Å². The van der Waals surface area contributed by atoms with Crippen molar-refractivity contribution in [3.63, 3.8) is 0 Å². The van der Waals surface area contributed by atoms with Crippen LogP contribution >= 0.6 is 15.9 Å². The highest BCUT2D eigenvalue weighted by molar-refractivity contribution is 9.10. The molecule has 0 aromatic heterocycles. The second kappa shape index (κ2) is 8.02. The number of esters is 1. The van der Waals surface area contributed by atoms with Gasteiger partial charge in [-0.25, -0.2) is 4.79 Å². The molecule has 0 aliphatic heterocycles. The number of carbonyl (C=O) groups is 2. The number of hydrogen-bond acceptors (Lipinski definition) is 6. The summed E-state index contributed by atoms with van der Waals surface area (Å²) in [4.78, 5) is 24.4. The first-order chi connectivity index (χ1) is 11.9. The minimum atomic E-state index is -0.624. The lowest BCUT2D eigenvalue weighted by Gasteiger charge is -2.14. The molecule has 2 rings (SSSR count). The highest BCUT2D eigenvalue weighted by Crippen LogP contribution is 2.35. The average molecular weight is 409 g/mol. The maximum atomic E-state index is 12.5. The van der Waals surface area contributed by atoms with Gasteiger partial charge in [0.05, 0.1) is 31.4 Å². The predicted molar refractivity (Wildman–Crippen MR) is 95.2 cm³/mol. The van der Waals surface area contributed by atoms with Crippen molar-refractivity contribution in [3.05, 3.63) is 45.9 Å². The summed E-state index contributed by atoms with van der Waals surface area (Å²) in [6.07, 6.45) is 0.